The van der Waals surface area contributed by atoms with Crippen molar-refractivity contribution in [2.45, 2.75) is 26.4 Å². The number of hydrogen-bond donors (Lipinski definition) is 0. The molecule has 1 aromatic heterocycles. The average molecular weight is 253 g/mol. The summed E-state index contributed by atoms with van der Waals surface area (Å²) in [5, 5.41) is 5.41. The molecule has 2 rings (SSSR count). The maximum absolute atomic E-state index is 11.9. The lowest BCUT2D eigenvalue weighted by molar-refractivity contribution is 0.0523. The van der Waals surface area contributed by atoms with Gasteiger partial charge >= 0.3 is 6.09 Å². The smallest absolute Gasteiger partial charge is 0.435 e. The van der Waals surface area contributed by atoms with Gasteiger partial charge in [0.05, 0.1) is 11.7 Å². The van der Waals surface area contributed by atoms with Gasteiger partial charge in [0.1, 0.15) is 5.60 Å². The molecule has 2 aromatic rings. The van der Waals surface area contributed by atoms with Gasteiger partial charge in [0.25, 0.3) is 0 Å². The van der Waals surface area contributed by atoms with E-state index in [9.17, 15) is 4.79 Å². The molecule has 1 heterocycles. The summed E-state index contributed by atoms with van der Waals surface area (Å²) in [6.45, 7) is 5.43. The number of benzene rings is 1. The van der Waals surface area contributed by atoms with E-state index in [2.05, 4.69) is 5.10 Å². The highest BCUT2D eigenvalue weighted by atomic mass is 35.5. The zero-order valence-corrected chi connectivity index (χ0v) is 10.7. The molecule has 0 atom stereocenters. The van der Waals surface area contributed by atoms with Gasteiger partial charge in [-0.2, -0.15) is 9.78 Å². The molecular weight excluding hydrogens is 240 g/mol. The normalized spacial score (nSPS) is 11.8. The van der Waals surface area contributed by atoms with Crippen molar-refractivity contribution in [2.24, 2.45) is 0 Å². The van der Waals surface area contributed by atoms with E-state index in [1.165, 1.54) is 4.68 Å². The molecule has 0 radical (unpaired) electrons. The summed E-state index contributed by atoms with van der Waals surface area (Å²) in [7, 11) is 0. The van der Waals surface area contributed by atoms with Crippen molar-refractivity contribution < 1.29 is 9.53 Å². The molecule has 4 nitrogen and oxygen atoms in total. The first-order valence-electron chi connectivity index (χ1n) is 5.23. The van der Waals surface area contributed by atoms with Crippen molar-refractivity contribution >= 4 is 28.6 Å². The second-order valence-electron chi connectivity index (χ2n) is 4.74. The number of nitrogens with zero attached hydrogens (tertiary/aromatic N) is 2. The molecular formula is C12H13ClN2O2. The Hall–Kier alpha value is -1.55. The van der Waals surface area contributed by atoms with Crippen molar-refractivity contribution in [3.8, 4) is 0 Å². The molecule has 90 valence electrons. The molecule has 0 aliphatic heterocycles. The zero-order chi connectivity index (χ0) is 12.6. The lowest BCUT2D eigenvalue weighted by atomic mass is 10.2. The fraction of sp³-hybridized carbons (Fsp3) is 0.333. The second kappa shape index (κ2) is 4.04. The number of hydrogen-bond acceptors (Lipinski definition) is 3. The monoisotopic (exact) mass is 252 g/mol. The first-order valence-corrected chi connectivity index (χ1v) is 5.61. The molecule has 0 spiro atoms. The van der Waals surface area contributed by atoms with Gasteiger partial charge in [0.2, 0.25) is 0 Å². The van der Waals surface area contributed by atoms with Crippen LogP contribution < -0.4 is 0 Å². The van der Waals surface area contributed by atoms with Gasteiger partial charge in [-0.3, -0.25) is 0 Å². The van der Waals surface area contributed by atoms with Gasteiger partial charge in [-0.1, -0.05) is 11.6 Å². The SMILES string of the molecule is CC(C)(C)OC(=O)n1ncc2ccc(Cl)cc21. The molecule has 0 saturated carbocycles. The third-order valence-corrected chi connectivity index (χ3v) is 2.33. The summed E-state index contributed by atoms with van der Waals surface area (Å²) in [6.07, 6.45) is 1.10. The topological polar surface area (TPSA) is 44.1 Å². The highest BCUT2D eigenvalue weighted by Crippen LogP contribution is 2.20. The molecule has 0 saturated heterocycles. The third kappa shape index (κ3) is 2.58. The predicted molar refractivity (Wildman–Crippen MR) is 66.4 cm³/mol. The van der Waals surface area contributed by atoms with E-state index in [1.807, 2.05) is 26.8 Å². The number of carbonyl (C=O) groups excluding carboxylic acids is 1. The van der Waals surface area contributed by atoms with E-state index in [0.717, 1.165) is 5.39 Å². The van der Waals surface area contributed by atoms with E-state index in [-0.39, 0.29) is 0 Å². The number of ether oxygens (including phenoxy) is 1. The summed E-state index contributed by atoms with van der Waals surface area (Å²) in [5.74, 6) is 0. The Balaban J connectivity index is 2.42. The fourth-order valence-corrected chi connectivity index (χ4v) is 1.61. The summed E-state index contributed by atoms with van der Waals surface area (Å²) in [5.41, 5.74) is 0.0975. The maximum atomic E-state index is 11.9. The number of rotatable bonds is 0. The van der Waals surface area contributed by atoms with E-state index >= 15 is 0 Å². The molecule has 1 aromatic carbocycles. The Labute approximate surface area is 104 Å². The molecule has 0 amide bonds. The fourth-order valence-electron chi connectivity index (χ4n) is 1.44. The molecule has 0 bridgehead atoms. The lowest BCUT2D eigenvalue weighted by Gasteiger charge is -2.19. The highest BCUT2D eigenvalue weighted by Gasteiger charge is 2.19. The molecule has 0 N–H and O–H groups in total. The number of aromatic nitrogens is 2. The van der Waals surface area contributed by atoms with E-state index in [1.54, 1.807) is 18.3 Å². The first kappa shape index (κ1) is 11.9. The molecule has 17 heavy (non-hydrogen) atoms. The van der Waals surface area contributed by atoms with Gasteiger partial charge in [-0.15, -0.1) is 0 Å². The molecule has 0 aliphatic rings. The van der Waals surface area contributed by atoms with Gasteiger partial charge in [-0.05, 0) is 39.0 Å². The van der Waals surface area contributed by atoms with Gasteiger partial charge < -0.3 is 4.74 Å². The molecule has 5 heteroatoms. The van der Waals surface area contributed by atoms with Crippen LogP contribution in [0.2, 0.25) is 5.02 Å². The zero-order valence-electron chi connectivity index (χ0n) is 9.90. The molecule has 0 aliphatic carbocycles. The Morgan fingerprint density at radius 2 is 2.12 bits per heavy atom. The van der Waals surface area contributed by atoms with Crippen molar-refractivity contribution in [3.05, 3.63) is 29.4 Å². The molecule has 0 unspecified atom stereocenters. The third-order valence-electron chi connectivity index (χ3n) is 2.10. The average Bonchev–Trinajstić information content (AvgIpc) is 2.57. The van der Waals surface area contributed by atoms with Gasteiger partial charge in [0.15, 0.2) is 0 Å². The first-order chi connectivity index (χ1) is 7.87. The van der Waals surface area contributed by atoms with Crippen LogP contribution in [0.5, 0.6) is 0 Å². The summed E-state index contributed by atoms with van der Waals surface area (Å²) >= 11 is 5.89. The van der Waals surface area contributed by atoms with Crippen LogP contribution in [0.3, 0.4) is 0 Å². The van der Waals surface area contributed by atoms with Crippen molar-refractivity contribution in [1.82, 2.24) is 9.78 Å². The lowest BCUT2D eigenvalue weighted by Crippen LogP contribution is -2.27. The van der Waals surface area contributed by atoms with Gasteiger partial charge in [0, 0.05) is 10.4 Å². The van der Waals surface area contributed by atoms with Crippen LogP contribution in [0.1, 0.15) is 20.8 Å². The Kier molecular flexibility index (Phi) is 2.83. The van der Waals surface area contributed by atoms with E-state index < -0.39 is 11.7 Å². The Bertz CT molecular complexity index is 569. The van der Waals surface area contributed by atoms with Crippen LogP contribution in [0.4, 0.5) is 4.79 Å². The van der Waals surface area contributed by atoms with Crippen LogP contribution in [-0.4, -0.2) is 21.5 Å². The second-order valence-corrected chi connectivity index (χ2v) is 5.18. The standard InChI is InChI=1S/C12H13ClN2O2/c1-12(2,3)17-11(16)15-10-6-9(13)5-4-8(10)7-14-15/h4-7H,1-3H3. The van der Waals surface area contributed by atoms with E-state index in [4.69, 9.17) is 16.3 Å². The summed E-state index contributed by atoms with van der Waals surface area (Å²) in [4.78, 5) is 11.9. The van der Waals surface area contributed by atoms with Crippen molar-refractivity contribution in [1.29, 1.82) is 0 Å². The van der Waals surface area contributed by atoms with Crippen molar-refractivity contribution in [2.75, 3.05) is 0 Å². The molecule has 0 fully saturated rings. The minimum absolute atomic E-state index is 0.505. The van der Waals surface area contributed by atoms with Gasteiger partial charge in [-0.25, -0.2) is 4.79 Å². The highest BCUT2D eigenvalue weighted by molar-refractivity contribution is 6.31. The van der Waals surface area contributed by atoms with Crippen LogP contribution in [-0.2, 0) is 4.74 Å². The Morgan fingerprint density at radius 1 is 1.41 bits per heavy atom. The van der Waals surface area contributed by atoms with Crippen LogP contribution in [0, 0.1) is 0 Å². The van der Waals surface area contributed by atoms with Crippen LogP contribution >= 0.6 is 11.6 Å². The summed E-state index contributed by atoms with van der Waals surface area (Å²) < 4.78 is 6.46. The summed E-state index contributed by atoms with van der Waals surface area (Å²) in [6, 6.07) is 5.25. The Morgan fingerprint density at radius 3 is 2.76 bits per heavy atom. The minimum Gasteiger partial charge on any atom is -0.442 e. The largest absolute Gasteiger partial charge is 0.442 e. The maximum Gasteiger partial charge on any atom is 0.435 e. The quantitative estimate of drug-likeness (QED) is 0.721. The van der Waals surface area contributed by atoms with Crippen LogP contribution in [0.15, 0.2) is 24.4 Å². The number of fused-ring (bicyclic) bond motifs is 1. The number of halogens is 1. The van der Waals surface area contributed by atoms with Crippen molar-refractivity contribution in [3.63, 3.8) is 0 Å². The predicted octanol–water partition coefficient (Wildman–Crippen LogP) is 3.47. The minimum atomic E-state index is -0.548. The number of carbonyl (C=O) groups is 1. The van der Waals surface area contributed by atoms with E-state index in [0.29, 0.717) is 10.5 Å². The van der Waals surface area contributed by atoms with Crippen LogP contribution in [0.25, 0.3) is 10.9 Å².